The van der Waals surface area contributed by atoms with Gasteiger partial charge in [0, 0.05) is 12.6 Å². The normalized spacial score (nSPS) is 21.7. The quantitative estimate of drug-likeness (QED) is 0.748. The second-order valence-electron chi connectivity index (χ2n) is 4.23. The highest BCUT2D eigenvalue weighted by atomic mass is 32.1. The van der Waals surface area contributed by atoms with Crippen LogP contribution in [0.2, 0.25) is 0 Å². The average Bonchev–Trinajstić information content (AvgIpc) is 2.79. The zero-order chi connectivity index (χ0) is 10.3. The molecule has 84 valence electrons. The van der Waals surface area contributed by atoms with Crippen molar-refractivity contribution in [1.29, 1.82) is 0 Å². The largest absolute Gasteiger partial charge is 0.315 e. The minimum Gasteiger partial charge on any atom is -0.315 e. The van der Waals surface area contributed by atoms with E-state index in [9.17, 15) is 0 Å². The molecule has 0 saturated carbocycles. The number of hydrogen-bond donors (Lipinski definition) is 2. The molecular formula is C12H20N2S. The number of nitrogens with one attached hydrogen (secondary N) is 2. The van der Waals surface area contributed by atoms with Gasteiger partial charge < -0.3 is 10.6 Å². The molecule has 1 aliphatic heterocycles. The monoisotopic (exact) mass is 224 g/mol. The Morgan fingerprint density at radius 1 is 1.47 bits per heavy atom. The highest BCUT2D eigenvalue weighted by molar-refractivity contribution is 7.07. The van der Waals surface area contributed by atoms with Crippen molar-refractivity contribution in [3.63, 3.8) is 0 Å². The standard InChI is InChI=1S/C12H20N2S/c1-2-6-14-12(3-1)9-13-7-4-11-5-8-15-10-11/h5,8,10,12-14H,1-4,6-7,9H2. The van der Waals surface area contributed by atoms with Crippen LogP contribution in [0, 0.1) is 0 Å². The van der Waals surface area contributed by atoms with Crippen molar-refractivity contribution in [3.8, 4) is 0 Å². The molecule has 0 amide bonds. The van der Waals surface area contributed by atoms with Gasteiger partial charge in [-0.2, -0.15) is 11.3 Å². The van der Waals surface area contributed by atoms with Gasteiger partial charge in [-0.05, 0) is 54.7 Å². The summed E-state index contributed by atoms with van der Waals surface area (Å²) in [7, 11) is 0. The first kappa shape index (κ1) is 11.1. The van der Waals surface area contributed by atoms with E-state index in [1.807, 2.05) is 0 Å². The second kappa shape index (κ2) is 6.26. The van der Waals surface area contributed by atoms with Crippen LogP contribution in [0.3, 0.4) is 0 Å². The lowest BCUT2D eigenvalue weighted by Gasteiger charge is -2.23. The maximum Gasteiger partial charge on any atom is 0.0192 e. The predicted molar refractivity (Wildman–Crippen MR) is 66.5 cm³/mol. The third kappa shape index (κ3) is 3.93. The van der Waals surface area contributed by atoms with Crippen molar-refractivity contribution in [2.24, 2.45) is 0 Å². The van der Waals surface area contributed by atoms with Crippen molar-refractivity contribution in [1.82, 2.24) is 10.6 Å². The van der Waals surface area contributed by atoms with E-state index < -0.39 is 0 Å². The van der Waals surface area contributed by atoms with Gasteiger partial charge in [0.1, 0.15) is 0 Å². The van der Waals surface area contributed by atoms with E-state index in [0.29, 0.717) is 6.04 Å². The molecule has 2 N–H and O–H groups in total. The summed E-state index contributed by atoms with van der Waals surface area (Å²) in [6.45, 7) is 3.44. The fourth-order valence-corrected chi connectivity index (χ4v) is 2.75. The van der Waals surface area contributed by atoms with E-state index in [4.69, 9.17) is 0 Å². The number of thiophene rings is 1. The van der Waals surface area contributed by atoms with Crippen molar-refractivity contribution >= 4 is 11.3 Å². The first-order valence-corrected chi connectivity index (χ1v) is 6.84. The number of rotatable bonds is 5. The minimum absolute atomic E-state index is 0.709. The molecule has 15 heavy (non-hydrogen) atoms. The topological polar surface area (TPSA) is 24.1 Å². The molecule has 1 aromatic heterocycles. The molecule has 0 aliphatic carbocycles. The van der Waals surface area contributed by atoms with E-state index in [1.165, 1.54) is 31.4 Å². The first-order chi connectivity index (χ1) is 7.45. The third-order valence-electron chi connectivity index (χ3n) is 2.97. The van der Waals surface area contributed by atoms with Gasteiger partial charge in [0.15, 0.2) is 0 Å². The van der Waals surface area contributed by atoms with Gasteiger partial charge in [-0.3, -0.25) is 0 Å². The second-order valence-corrected chi connectivity index (χ2v) is 5.01. The van der Waals surface area contributed by atoms with Crippen LogP contribution in [-0.4, -0.2) is 25.7 Å². The molecule has 2 rings (SSSR count). The molecule has 1 fully saturated rings. The summed E-state index contributed by atoms with van der Waals surface area (Å²) < 4.78 is 0. The van der Waals surface area contributed by atoms with E-state index in [2.05, 4.69) is 27.5 Å². The Morgan fingerprint density at radius 3 is 3.20 bits per heavy atom. The summed E-state index contributed by atoms with van der Waals surface area (Å²) in [6.07, 6.45) is 5.25. The Hall–Kier alpha value is -0.380. The van der Waals surface area contributed by atoms with Crippen LogP contribution in [0.4, 0.5) is 0 Å². The van der Waals surface area contributed by atoms with E-state index >= 15 is 0 Å². The summed E-state index contributed by atoms with van der Waals surface area (Å²) in [5.41, 5.74) is 1.46. The van der Waals surface area contributed by atoms with Gasteiger partial charge in [0.2, 0.25) is 0 Å². The van der Waals surface area contributed by atoms with Crippen molar-refractivity contribution in [2.75, 3.05) is 19.6 Å². The summed E-state index contributed by atoms with van der Waals surface area (Å²) >= 11 is 1.79. The van der Waals surface area contributed by atoms with Crippen LogP contribution in [0.25, 0.3) is 0 Å². The van der Waals surface area contributed by atoms with Gasteiger partial charge in [-0.25, -0.2) is 0 Å². The predicted octanol–water partition coefficient (Wildman–Crippen LogP) is 2.02. The van der Waals surface area contributed by atoms with Crippen molar-refractivity contribution < 1.29 is 0 Å². The lowest BCUT2D eigenvalue weighted by Crippen LogP contribution is -2.42. The molecule has 0 bridgehead atoms. The van der Waals surface area contributed by atoms with Crippen molar-refractivity contribution in [3.05, 3.63) is 22.4 Å². The molecule has 1 unspecified atom stereocenters. The Balaban J connectivity index is 1.54. The molecular weight excluding hydrogens is 204 g/mol. The summed E-state index contributed by atoms with van der Waals surface area (Å²) in [6, 6.07) is 2.92. The SMILES string of the molecule is c1cc(CCNCC2CCCCN2)cs1. The van der Waals surface area contributed by atoms with Crippen LogP contribution in [0.5, 0.6) is 0 Å². The molecule has 3 heteroatoms. The molecule has 2 nitrogen and oxygen atoms in total. The molecule has 1 atom stereocenters. The van der Waals surface area contributed by atoms with Gasteiger partial charge >= 0.3 is 0 Å². The average molecular weight is 224 g/mol. The molecule has 1 aliphatic rings. The maximum absolute atomic E-state index is 3.55. The number of piperidine rings is 1. The van der Waals surface area contributed by atoms with E-state index in [0.717, 1.165) is 19.5 Å². The van der Waals surface area contributed by atoms with E-state index in [1.54, 1.807) is 11.3 Å². The van der Waals surface area contributed by atoms with Crippen LogP contribution >= 0.6 is 11.3 Å². The Bertz CT molecular complexity index is 253. The summed E-state index contributed by atoms with van der Waals surface area (Å²) in [4.78, 5) is 0. The van der Waals surface area contributed by atoms with Gasteiger partial charge in [-0.15, -0.1) is 0 Å². The van der Waals surface area contributed by atoms with Gasteiger partial charge in [0.25, 0.3) is 0 Å². The molecule has 0 spiro atoms. The lowest BCUT2D eigenvalue weighted by atomic mass is 10.1. The minimum atomic E-state index is 0.709. The molecule has 1 aromatic rings. The van der Waals surface area contributed by atoms with Gasteiger partial charge in [0.05, 0.1) is 0 Å². The van der Waals surface area contributed by atoms with Crippen molar-refractivity contribution in [2.45, 2.75) is 31.7 Å². The Morgan fingerprint density at radius 2 is 2.47 bits per heavy atom. The zero-order valence-corrected chi connectivity index (χ0v) is 9.98. The lowest BCUT2D eigenvalue weighted by molar-refractivity contribution is 0.384. The molecule has 0 radical (unpaired) electrons. The zero-order valence-electron chi connectivity index (χ0n) is 9.17. The van der Waals surface area contributed by atoms with Crippen LogP contribution in [0.15, 0.2) is 16.8 Å². The number of hydrogen-bond acceptors (Lipinski definition) is 3. The molecule has 1 saturated heterocycles. The highest BCUT2D eigenvalue weighted by Crippen LogP contribution is 2.07. The Kier molecular flexibility index (Phi) is 4.64. The highest BCUT2D eigenvalue weighted by Gasteiger charge is 2.10. The van der Waals surface area contributed by atoms with Crippen LogP contribution < -0.4 is 10.6 Å². The third-order valence-corrected chi connectivity index (χ3v) is 3.71. The van der Waals surface area contributed by atoms with E-state index in [-0.39, 0.29) is 0 Å². The molecule has 0 aromatic carbocycles. The fraction of sp³-hybridized carbons (Fsp3) is 0.667. The smallest absolute Gasteiger partial charge is 0.0192 e. The first-order valence-electron chi connectivity index (χ1n) is 5.90. The fourth-order valence-electron chi connectivity index (χ4n) is 2.04. The Labute approximate surface area is 96.1 Å². The summed E-state index contributed by atoms with van der Waals surface area (Å²) in [5.74, 6) is 0. The van der Waals surface area contributed by atoms with Gasteiger partial charge in [-0.1, -0.05) is 6.42 Å². The summed E-state index contributed by atoms with van der Waals surface area (Å²) in [5, 5.41) is 11.5. The van der Waals surface area contributed by atoms with Crippen LogP contribution in [-0.2, 0) is 6.42 Å². The van der Waals surface area contributed by atoms with Crippen LogP contribution in [0.1, 0.15) is 24.8 Å². The maximum atomic E-state index is 3.55. The molecule has 2 heterocycles.